The molecule has 11 heavy (non-hydrogen) atoms. The molecule has 0 aromatic carbocycles. The van der Waals surface area contributed by atoms with Gasteiger partial charge in [-0.2, -0.15) is 0 Å². The van der Waals surface area contributed by atoms with Crippen molar-refractivity contribution in [3.63, 3.8) is 0 Å². The summed E-state index contributed by atoms with van der Waals surface area (Å²) in [7, 11) is 3.33. The van der Waals surface area contributed by atoms with Crippen molar-refractivity contribution in [3.05, 3.63) is 0 Å². The summed E-state index contributed by atoms with van der Waals surface area (Å²) < 4.78 is 10.4. The highest BCUT2D eigenvalue weighted by Gasteiger charge is 2.31. The fraction of sp³-hybridized carbons (Fsp3) is 1.00. The molecule has 0 aromatic rings. The Bertz CT molecular complexity index is 100. The van der Waals surface area contributed by atoms with Gasteiger partial charge in [-0.25, -0.2) is 0 Å². The second kappa shape index (κ2) is 4.70. The molecule has 1 unspecified atom stereocenters. The largest absolute Gasteiger partial charge is 0.382 e. The Balaban J connectivity index is 4.20. The Morgan fingerprint density at radius 3 is 2.00 bits per heavy atom. The number of hydrogen-bond donors (Lipinski definition) is 1. The van der Waals surface area contributed by atoms with Gasteiger partial charge in [0.15, 0.2) is 0 Å². The minimum atomic E-state index is -0.311. The van der Waals surface area contributed by atoms with E-state index in [9.17, 15) is 0 Å². The van der Waals surface area contributed by atoms with Crippen molar-refractivity contribution in [2.45, 2.75) is 19.4 Å². The van der Waals surface area contributed by atoms with Crippen LogP contribution in [0.4, 0.5) is 0 Å². The monoisotopic (exact) mass is 161 g/mol. The lowest BCUT2D eigenvalue weighted by Gasteiger charge is -2.34. The summed E-state index contributed by atoms with van der Waals surface area (Å²) in [5.41, 5.74) is 5.29. The standard InChI is InChI=1S/C8H19NO2/c1-7(2)8(5-9,11-4)6-10-3/h7H,5-6,9H2,1-4H3. The Morgan fingerprint density at radius 2 is 1.91 bits per heavy atom. The molecule has 0 aliphatic heterocycles. The Labute approximate surface area is 68.9 Å². The molecule has 0 aromatic heterocycles. The molecule has 0 saturated heterocycles. The third-order valence-corrected chi connectivity index (χ3v) is 2.19. The van der Waals surface area contributed by atoms with Crippen molar-refractivity contribution in [1.82, 2.24) is 0 Å². The lowest BCUT2D eigenvalue weighted by Crippen LogP contribution is -2.48. The van der Waals surface area contributed by atoms with Gasteiger partial charge in [-0.1, -0.05) is 13.8 Å². The third-order valence-electron chi connectivity index (χ3n) is 2.19. The first-order chi connectivity index (χ1) is 5.13. The Kier molecular flexibility index (Phi) is 4.65. The topological polar surface area (TPSA) is 44.5 Å². The summed E-state index contributed by atoms with van der Waals surface area (Å²) in [5, 5.41) is 0. The van der Waals surface area contributed by atoms with Gasteiger partial charge in [0.2, 0.25) is 0 Å². The molecule has 3 nitrogen and oxygen atoms in total. The summed E-state index contributed by atoms with van der Waals surface area (Å²) >= 11 is 0. The van der Waals surface area contributed by atoms with Gasteiger partial charge in [-0.05, 0) is 5.92 Å². The number of nitrogens with two attached hydrogens (primary N) is 1. The van der Waals surface area contributed by atoms with E-state index in [1.54, 1.807) is 14.2 Å². The van der Waals surface area contributed by atoms with Crippen LogP contribution >= 0.6 is 0 Å². The van der Waals surface area contributed by atoms with Crippen LogP contribution in [0.2, 0.25) is 0 Å². The summed E-state index contributed by atoms with van der Waals surface area (Å²) in [6.07, 6.45) is 0. The normalized spacial score (nSPS) is 16.9. The molecular formula is C8H19NO2. The van der Waals surface area contributed by atoms with Gasteiger partial charge in [-0.15, -0.1) is 0 Å². The van der Waals surface area contributed by atoms with Crippen LogP contribution < -0.4 is 5.73 Å². The smallest absolute Gasteiger partial charge is 0.105 e. The highest BCUT2D eigenvalue weighted by atomic mass is 16.5. The minimum absolute atomic E-state index is 0.311. The number of methoxy groups -OCH3 is 2. The molecule has 1 atom stereocenters. The van der Waals surface area contributed by atoms with Gasteiger partial charge in [0.1, 0.15) is 5.60 Å². The molecule has 0 aliphatic carbocycles. The predicted molar refractivity (Wildman–Crippen MR) is 45.5 cm³/mol. The van der Waals surface area contributed by atoms with E-state index in [1.165, 1.54) is 0 Å². The molecule has 3 heteroatoms. The van der Waals surface area contributed by atoms with Gasteiger partial charge in [0.05, 0.1) is 6.61 Å². The number of ether oxygens (including phenoxy) is 2. The zero-order valence-electron chi connectivity index (χ0n) is 7.89. The Morgan fingerprint density at radius 1 is 1.36 bits per heavy atom. The molecule has 68 valence electrons. The summed E-state index contributed by atoms with van der Waals surface area (Å²) in [5.74, 6) is 0.373. The molecule has 0 aliphatic rings. The van der Waals surface area contributed by atoms with E-state index < -0.39 is 0 Å². The first-order valence-electron chi connectivity index (χ1n) is 3.87. The van der Waals surface area contributed by atoms with Gasteiger partial charge in [0.25, 0.3) is 0 Å². The van der Waals surface area contributed by atoms with Crippen LogP contribution in [0.15, 0.2) is 0 Å². The molecule has 2 N–H and O–H groups in total. The number of hydrogen-bond acceptors (Lipinski definition) is 3. The highest BCUT2D eigenvalue weighted by Crippen LogP contribution is 2.19. The lowest BCUT2D eigenvalue weighted by molar-refractivity contribution is -0.0872. The molecular weight excluding hydrogens is 142 g/mol. The molecule has 0 radical (unpaired) electrons. The summed E-state index contributed by atoms with van der Waals surface area (Å²) in [6.45, 7) is 5.21. The lowest BCUT2D eigenvalue weighted by atomic mass is 9.91. The fourth-order valence-electron chi connectivity index (χ4n) is 1.08. The van der Waals surface area contributed by atoms with Gasteiger partial charge in [-0.3, -0.25) is 0 Å². The fourth-order valence-corrected chi connectivity index (χ4v) is 1.08. The van der Waals surface area contributed by atoms with E-state index in [2.05, 4.69) is 13.8 Å². The van der Waals surface area contributed by atoms with Crippen LogP contribution in [-0.2, 0) is 9.47 Å². The molecule has 0 rings (SSSR count). The first kappa shape index (κ1) is 10.9. The van der Waals surface area contributed by atoms with Crippen LogP contribution in [0.1, 0.15) is 13.8 Å². The zero-order chi connectivity index (χ0) is 8.91. The van der Waals surface area contributed by atoms with Crippen LogP contribution in [0.25, 0.3) is 0 Å². The maximum Gasteiger partial charge on any atom is 0.105 e. The average molecular weight is 161 g/mol. The van der Waals surface area contributed by atoms with Crippen molar-refractivity contribution in [2.24, 2.45) is 11.7 Å². The highest BCUT2D eigenvalue weighted by molar-refractivity contribution is 4.84. The Hall–Kier alpha value is -0.120. The summed E-state index contributed by atoms with van der Waals surface area (Å²) in [4.78, 5) is 0. The van der Waals surface area contributed by atoms with Gasteiger partial charge < -0.3 is 15.2 Å². The maximum absolute atomic E-state index is 5.60. The van der Waals surface area contributed by atoms with Crippen molar-refractivity contribution in [1.29, 1.82) is 0 Å². The van der Waals surface area contributed by atoms with Gasteiger partial charge >= 0.3 is 0 Å². The minimum Gasteiger partial charge on any atom is -0.382 e. The zero-order valence-corrected chi connectivity index (χ0v) is 7.89. The van der Waals surface area contributed by atoms with Crippen molar-refractivity contribution in [3.8, 4) is 0 Å². The van der Waals surface area contributed by atoms with Gasteiger partial charge in [0, 0.05) is 20.8 Å². The first-order valence-corrected chi connectivity index (χ1v) is 3.87. The number of rotatable bonds is 5. The van der Waals surface area contributed by atoms with E-state index in [1.807, 2.05) is 0 Å². The summed E-state index contributed by atoms with van der Waals surface area (Å²) in [6, 6.07) is 0. The molecule has 0 amide bonds. The van der Waals surface area contributed by atoms with E-state index in [0.29, 0.717) is 19.1 Å². The third kappa shape index (κ3) is 2.43. The van der Waals surface area contributed by atoms with E-state index in [4.69, 9.17) is 15.2 Å². The molecule has 0 heterocycles. The molecule has 0 spiro atoms. The second-order valence-corrected chi connectivity index (χ2v) is 3.06. The second-order valence-electron chi connectivity index (χ2n) is 3.06. The van der Waals surface area contributed by atoms with E-state index in [0.717, 1.165) is 0 Å². The molecule has 0 bridgehead atoms. The quantitative estimate of drug-likeness (QED) is 0.643. The van der Waals surface area contributed by atoms with Crippen molar-refractivity contribution < 1.29 is 9.47 Å². The SMILES string of the molecule is COCC(CN)(OC)C(C)C. The van der Waals surface area contributed by atoms with E-state index >= 15 is 0 Å². The van der Waals surface area contributed by atoms with Crippen LogP contribution in [-0.4, -0.2) is 33.0 Å². The van der Waals surface area contributed by atoms with Crippen LogP contribution in [0, 0.1) is 5.92 Å². The van der Waals surface area contributed by atoms with Crippen LogP contribution in [0.5, 0.6) is 0 Å². The van der Waals surface area contributed by atoms with Crippen molar-refractivity contribution in [2.75, 3.05) is 27.4 Å². The average Bonchev–Trinajstić information content (AvgIpc) is 2.00. The predicted octanol–water partition coefficient (Wildman–Crippen LogP) is 0.633. The van der Waals surface area contributed by atoms with Crippen LogP contribution in [0.3, 0.4) is 0 Å². The maximum atomic E-state index is 5.60. The van der Waals surface area contributed by atoms with Crippen molar-refractivity contribution >= 4 is 0 Å². The molecule has 0 saturated carbocycles. The molecule has 0 fully saturated rings. The van der Waals surface area contributed by atoms with E-state index in [-0.39, 0.29) is 5.60 Å².